The molecule has 6 nitrogen and oxygen atoms in total. The third kappa shape index (κ3) is 3.72. The Balaban J connectivity index is 1.67. The van der Waals surface area contributed by atoms with E-state index >= 15 is 0 Å². The molecule has 7 heteroatoms. The van der Waals surface area contributed by atoms with Crippen LogP contribution in [0.3, 0.4) is 0 Å². The van der Waals surface area contributed by atoms with Crippen molar-refractivity contribution in [2.75, 3.05) is 25.5 Å². The number of rotatable bonds is 6. The molecule has 0 unspecified atom stereocenters. The van der Waals surface area contributed by atoms with Gasteiger partial charge in [0, 0.05) is 13.1 Å². The monoisotopic (exact) mass is 428 g/mol. The molecular weight excluding hydrogens is 400 g/mol. The van der Waals surface area contributed by atoms with Gasteiger partial charge in [-0.15, -0.1) is 0 Å². The zero-order valence-corrected chi connectivity index (χ0v) is 18.1. The number of anilines is 1. The Bertz CT molecular complexity index is 1010. The van der Waals surface area contributed by atoms with E-state index in [1.54, 1.807) is 12.1 Å². The second-order valence-corrected chi connectivity index (χ2v) is 10.0. The zero-order chi connectivity index (χ0) is 21.2. The number of benzene rings is 2. The van der Waals surface area contributed by atoms with Crippen LogP contribution in [-0.4, -0.2) is 38.8 Å². The van der Waals surface area contributed by atoms with Crippen molar-refractivity contribution < 1.29 is 17.9 Å². The number of nitrogens with one attached hydrogen (secondary N) is 1. The highest BCUT2D eigenvalue weighted by Gasteiger charge is 2.43. The Morgan fingerprint density at radius 1 is 1.00 bits per heavy atom. The summed E-state index contributed by atoms with van der Waals surface area (Å²) in [5.74, 6) is 0.338. The number of nitrogens with zero attached hydrogens (tertiary/aromatic N) is 1. The maximum atomic E-state index is 13.5. The van der Waals surface area contributed by atoms with Crippen molar-refractivity contribution in [2.24, 2.45) is 0 Å². The van der Waals surface area contributed by atoms with Gasteiger partial charge in [-0.25, -0.2) is 8.42 Å². The lowest BCUT2D eigenvalue weighted by Crippen LogP contribution is -2.38. The van der Waals surface area contributed by atoms with Gasteiger partial charge in [0.1, 0.15) is 5.75 Å². The Hall–Kier alpha value is -2.38. The summed E-state index contributed by atoms with van der Waals surface area (Å²) >= 11 is 0. The quantitative estimate of drug-likeness (QED) is 0.756. The molecule has 0 spiro atoms. The third-order valence-corrected chi connectivity index (χ3v) is 8.23. The summed E-state index contributed by atoms with van der Waals surface area (Å²) in [6.07, 6.45) is 5.27. The summed E-state index contributed by atoms with van der Waals surface area (Å²) in [6, 6.07) is 14.5. The average molecular weight is 429 g/mol. The van der Waals surface area contributed by atoms with E-state index in [4.69, 9.17) is 4.74 Å². The molecule has 1 amide bonds. The SMILES string of the molecule is COc1ccc(S(=O)(=O)N2CCCC2)cc1NC(=O)C1(c2ccccc2)CCCC1. The Labute approximate surface area is 178 Å². The lowest BCUT2D eigenvalue weighted by atomic mass is 9.78. The molecule has 0 atom stereocenters. The average Bonchev–Trinajstić information content (AvgIpc) is 3.47. The summed E-state index contributed by atoms with van der Waals surface area (Å²) in [5.41, 5.74) is 0.792. The smallest absolute Gasteiger partial charge is 0.243 e. The number of amides is 1. The fraction of sp³-hybridized carbons (Fsp3) is 0.435. The molecule has 1 aliphatic carbocycles. The molecule has 0 bridgehead atoms. The first-order chi connectivity index (χ1) is 14.5. The van der Waals surface area contributed by atoms with E-state index in [2.05, 4.69) is 5.32 Å². The Morgan fingerprint density at radius 2 is 1.67 bits per heavy atom. The van der Waals surface area contributed by atoms with E-state index in [1.165, 1.54) is 17.5 Å². The van der Waals surface area contributed by atoms with Gasteiger partial charge < -0.3 is 10.1 Å². The largest absolute Gasteiger partial charge is 0.495 e. The molecule has 4 rings (SSSR count). The van der Waals surface area contributed by atoms with E-state index in [0.717, 1.165) is 44.1 Å². The van der Waals surface area contributed by atoms with Crippen molar-refractivity contribution in [2.45, 2.75) is 48.8 Å². The Morgan fingerprint density at radius 3 is 2.30 bits per heavy atom. The maximum Gasteiger partial charge on any atom is 0.243 e. The van der Waals surface area contributed by atoms with Crippen molar-refractivity contribution in [3.05, 3.63) is 54.1 Å². The van der Waals surface area contributed by atoms with Crippen LogP contribution in [-0.2, 0) is 20.2 Å². The van der Waals surface area contributed by atoms with Crippen LogP contribution in [0.2, 0.25) is 0 Å². The normalized spacial score (nSPS) is 19.0. The molecular formula is C23H28N2O4S. The number of hydrogen-bond donors (Lipinski definition) is 1. The van der Waals surface area contributed by atoms with Crippen molar-refractivity contribution in [3.63, 3.8) is 0 Å². The van der Waals surface area contributed by atoms with Crippen molar-refractivity contribution in [3.8, 4) is 5.75 Å². The molecule has 2 aromatic rings. The van der Waals surface area contributed by atoms with E-state index in [1.807, 2.05) is 30.3 Å². The molecule has 1 saturated heterocycles. The van der Waals surface area contributed by atoms with Crippen molar-refractivity contribution in [1.29, 1.82) is 0 Å². The van der Waals surface area contributed by atoms with Gasteiger partial charge in [0.15, 0.2) is 0 Å². The van der Waals surface area contributed by atoms with Crippen LogP contribution in [0, 0.1) is 0 Å². The standard InChI is InChI=1S/C23H28N2O4S/c1-29-21-12-11-19(30(27,28)25-15-7-8-16-25)17-20(21)24-22(26)23(13-5-6-14-23)18-9-3-2-4-10-18/h2-4,9-12,17H,5-8,13-16H2,1H3,(H,24,26). The third-order valence-electron chi connectivity index (χ3n) is 6.34. The molecule has 1 N–H and O–H groups in total. The van der Waals surface area contributed by atoms with E-state index in [9.17, 15) is 13.2 Å². The maximum absolute atomic E-state index is 13.5. The van der Waals surface area contributed by atoms with Crippen LogP contribution >= 0.6 is 0 Å². The molecule has 2 fully saturated rings. The van der Waals surface area contributed by atoms with Crippen molar-refractivity contribution >= 4 is 21.6 Å². The van der Waals surface area contributed by atoms with E-state index < -0.39 is 15.4 Å². The first-order valence-corrected chi connectivity index (χ1v) is 12.0. The number of carbonyl (C=O) groups excluding carboxylic acids is 1. The van der Waals surface area contributed by atoms with Crippen LogP contribution < -0.4 is 10.1 Å². The molecule has 1 saturated carbocycles. The second kappa shape index (κ2) is 8.40. The Kier molecular flexibility index (Phi) is 5.84. The van der Waals surface area contributed by atoms with Gasteiger partial charge in [0.25, 0.3) is 0 Å². The highest BCUT2D eigenvalue weighted by atomic mass is 32.2. The molecule has 1 aliphatic heterocycles. The lowest BCUT2D eigenvalue weighted by molar-refractivity contribution is -0.121. The van der Waals surface area contributed by atoms with Crippen LogP contribution in [0.15, 0.2) is 53.4 Å². The summed E-state index contributed by atoms with van der Waals surface area (Å²) in [5, 5.41) is 3.00. The van der Waals surface area contributed by atoms with E-state index in [0.29, 0.717) is 24.5 Å². The molecule has 160 valence electrons. The second-order valence-electron chi connectivity index (χ2n) is 8.08. The van der Waals surface area contributed by atoms with Crippen LogP contribution in [0.1, 0.15) is 44.1 Å². The van der Waals surface area contributed by atoms with E-state index in [-0.39, 0.29) is 10.8 Å². The highest BCUT2D eigenvalue weighted by Crippen LogP contribution is 2.42. The number of ether oxygens (including phenoxy) is 1. The van der Waals surface area contributed by atoms with Gasteiger partial charge in [-0.3, -0.25) is 4.79 Å². The van der Waals surface area contributed by atoms with Gasteiger partial charge >= 0.3 is 0 Å². The van der Waals surface area contributed by atoms with Crippen LogP contribution in [0.25, 0.3) is 0 Å². The number of methoxy groups -OCH3 is 1. The van der Waals surface area contributed by atoms with Crippen molar-refractivity contribution in [1.82, 2.24) is 4.31 Å². The fourth-order valence-electron chi connectivity index (χ4n) is 4.65. The van der Waals surface area contributed by atoms with Gasteiger partial charge in [0.2, 0.25) is 15.9 Å². The minimum absolute atomic E-state index is 0.111. The minimum atomic E-state index is -3.58. The molecule has 0 radical (unpaired) electrons. The van der Waals surface area contributed by atoms with Crippen LogP contribution in [0.5, 0.6) is 5.75 Å². The molecule has 30 heavy (non-hydrogen) atoms. The number of sulfonamides is 1. The predicted octanol–water partition coefficient (Wildman–Crippen LogP) is 3.93. The number of hydrogen-bond acceptors (Lipinski definition) is 4. The van der Waals surface area contributed by atoms with Crippen LogP contribution in [0.4, 0.5) is 5.69 Å². The van der Waals surface area contributed by atoms with Gasteiger partial charge in [0.05, 0.1) is 23.1 Å². The van der Waals surface area contributed by atoms with Gasteiger partial charge in [-0.05, 0) is 49.4 Å². The fourth-order valence-corrected chi connectivity index (χ4v) is 6.19. The highest BCUT2D eigenvalue weighted by molar-refractivity contribution is 7.89. The zero-order valence-electron chi connectivity index (χ0n) is 17.3. The first kappa shape index (κ1) is 20.9. The minimum Gasteiger partial charge on any atom is -0.495 e. The molecule has 2 aliphatic rings. The predicted molar refractivity (Wildman–Crippen MR) is 116 cm³/mol. The summed E-state index contributed by atoms with van der Waals surface area (Å²) in [7, 11) is -2.07. The summed E-state index contributed by atoms with van der Waals surface area (Å²) < 4.78 is 32.9. The number of carbonyl (C=O) groups is 1. The molecule has 2 aromatic carbocycles. The van der Waals surface area contributed by atoms with Gasteiger partial charge in [-0.2, -0.15) is 4.31 Å². The molecule has 0 aromatic heterocycles. The lowest BCUT2D eigenvalue weighted by Gasteiger charge is -2.29. The topological polar surface area (TPSA) is 75.7 Å². The van der Waals surface area contributed by atoms with Gasteiger partial charge in [-0.1, -0.05) is 43.2 Å². The summed E-state index contributed by atoms with van der Waals surface area (Å²) in [6.45, 7) is 1.07. The first-order valence-electron chi connectivity index (χ1n) is 10.5. The summed E-state index contributed by atoms with van der Waals surface area (Å²) in [4.78, 5) is 13.7. The molecule has 1 heterocycles.